The zero-order chi connectivity index (χ0) is 11.6. The maximum atomic E-state index is 13.1. The molecule has 88 valence electrons. The zero-order valence-electron chi connectivity index (χ0n) is 8.88. The molecular weight excluding hydrogens is 231 g/mol. The minimum Gasteiger partial charge on any atom is -0.396 e. The van der Waals surface area contributed by atoms with Crippen molar-refractivity contribution in [3.05, 3.63) is 34.6 Å². The Labute approximate surface area is 99.0 Å². The monoisotopic (exact) mass is 244 g/mol. The lowest BCUT2D eigenvalue weighted by atomic mass is 9.82. The van der Waals surface area contributed by atoms with Gasteiger partial charge >= 0.3 is 0 Å². The van der Waals surface area contributed by atoms with Crippen molar-refractivity contribution < 1.29 is 14.2 Å². The number of hydrogen-bond donors (Lipinski definition) is 1. The number of halogens is 2. The lowest BCUT2D eigenvalue weighted by Crippen LogP contribution is -2.28. The molecule has 0 aliphatic carbocycles. The molecule has 2 rings (SSSR count). The van der Waals surface area contributed by atoms with Crippen LogP contribution in [0, 0.1) is 11.2 Å². The quantitative estimate of drug-likeness (QED) is 0.885. The summed E-state index contributed by atoms with van der Waals surface area (Å²) >= 11 is 6.00. The van der Waals surface area contributed by atoms with Gasteiger partial charge in [-0.25, -0.2) is 4.39 Å². The average molecular weight is 245 g/mol. The van der Waals surface area contributed by atoms with Crippen LogP contribution in [0.5, 0.6) is 0 Å². The van der Waals surface area contributed by atoms with Crippen molar-refractivity contribution in [2.45, 2.75) is 12.8 Å². The number of benzene rings is 1. The third-order valence-electron chi connectivity index (χ3n) is 3.09. The van der Waals surface area contributed by atoms with E-state index in [-0.39, 0.29) is 17.8 Å². The predicted molar refractivity (Wildman–Crippen MR) is 60.1 cm³/mol. The molecule has 1 N–H and O–H groups in total. The SMILES string of the molecule is OCC1(Cc2cc(F)ccc2Cl)CCOC1. The van der Waals surface area contributed by atoms with E-state index in [1.807, 2.05) is 0 Å². The Morgan fingerprint density at radius 1 is 1.50 bits per heavy atom. The highest BCUT2D eigenvalue weighted by Crippen LogP contribution is 2.34. The molecule has 1 saturated heterocycles. The van der Waals surface area contributed by atoms with Gasteiger partial charge in [-0.05, 0) is 36.6 Å². The smallest absolute Gasteiger partial charge is 0.123 e. The first-order chi connectivity index (χ1) is 7.65. The molecule has 1 aromatic carbocycles. The number of hydrogen-bond acceptors (Lipinski definition) is 2. The molecule has 0 amide bonds. The molecule has 1 unspecified atom stereocenters. The predicted octanol–water partition coefficient (Wildman–Crippen LogP) is 2.42. The first kappa shape index (κ1) is 11.8. The molecule has 0 aromatic heterocycles. The molecule has 0 radical (unpaired) electrons. The van der Waals surface area contributed by atoms with Gasteiger partial charge in [0.1, 0.15) is 5.82 Å². The van der Waals surface area contributed by atoms with E-state index in [0.717, 1.165) is 12.0 Å². The first-order valence-corrected chi connectivity index (χ1v) is 5.66. The van der Waals surface area contributed by atoms with Gasteiger partial charge in [0.25, 0.3) is 0 Å². The Bertz CT molecular complexity index is 375. The molecule has 1 aromatic rings. The van der Waals surface area contributed by atoms with E-state index in [1.54, 1.807) is 6.07 Å². The maximum Gasteiger partial charge on any atom is 0.123 e. The highest BCUT2D eigenvalue weighted by Gasteiger charge is 2.35. The van der Waals surface area contributed by atoms with E-state index < -0.39 is 0 Å². The van der Waals surface area contributed by atoms with Crippen LogP contribution in [0.2, 0.25) is 5.02 Å². The van der Waals surface area contributed by atoms with Crippen LogP contribution in [0.1, 0.15) is 12.0 Å². The Balaban J connectivity index is 2.21. The van der Waals surface area contributed by atoms with E-state index in [2.05, 4.69) is 0 Å². The number of ether oxygens (including phenoxy) is 1. The molecule has 1 heterocycles. The summed E-state index contributed by atoms with van der Waals surface area (Å²) < 4.78 is 18.4. The summed E-state index contributed by atoms with van der Waals surface area (Å²) in [5.74, 6) is -0.300. The summed E-state index contributed by atoms with van der Waals surface area (Å²) in [4.78, 5) is 0. The summed E-state index contributed by atoms with van der Waals surface area (Å²) in [6.45, 7) is 1.20. The van der Waals surface area contributed by atoms with Crippen molar-refractivity contribution in [3.63, 3.8) is 0 Å². The Hall–Kier alpha value is -0.640. The van der Waals surface area contributed by atoms with Gasteiger partial charge in [-0.1, -0.05) is 11.6 Å². The van der Waals surface area contributed by atoms with E-state index in [1.165, 1.54) is 12.1 Å². The van der Waals surface area contributed by atoms with Crippen LogP contribution in [-0.2, 0) is 11.2 Å². The van der Waals surface area contributed by atoms with Crippen molar-refractivity contribution in [2.75, 3.05) is 19.8 Å². The number of aliphatic hydroxyl groups excluding tert-OH is 1. The number of aliphatic hydroxyl groups is 1. The van der Waals surface area contributed by atoms with E-state index >= 15 is 0 Å². The largest absolute Gasteiger partial charge is 0.396 e. The zero-order valence-corrected chi connectivity index (χ0v) is 9.63. The van der Waals surface area contributed by atoms with Gasteiger partial charge in [0.15, 0.2) is 0 Å². The topological polar surface area (TPSA) is 29.5 Å². The minimum absolute atomic E-state index is 0.0415. The number of rotatable bonds is 3. The molecule has 0 spiro atoms. The Kier molecular flexibility index (Phi) is 3.47. The summed E-state index contributed by atoms with van der Waals surface area (Å²) in [5, 5.41) is 9.96. The molecule has 1 atom stereocenters. The van der Waals surface area contributed by atoms with Crippen molar-refractivity contribution in [1.29, 1.82) is 0 Å². The van der Waals surface area contributed by atoms with Crippen molar-refractivity contribution in [1.82, 2.24) is 0 Å². The summed E-state index contributed by atoms with van der Waals surface area (Å²) in [5.41, 5.74) is 0.443. The second-order valence-corrected chi connectivity index (χ2v) is 4.78. The fourth-order valence-electron chi connectivity index (χ4n) is 2.05. The van der Waals surface area contributed by atoms with E-state index in [9.17, 15) is 9.50 Å². The van der Waals surface area contributed by atoms with E-state index in [0.29, 0.717) is 24.7 Å². The average Bonchev–Trinajstić information content (AvgIpc) is 2.73. The van der Waals surface area contributed by atoms with Crippen molar-refractivity contribution in [2.24, 2.45) is 5.41 Å². The second-order valence-electron chi connectivity index (χ2n) is 4.37. The van der Waals surface area contributed by atoms with Crippen molar-refractivity contribution >= 4 is 11.6 Å². The fourth-order valence-corrected chi connectivity index (χ4v) is 2.24. The second kappa shape index (κ2) is 4.70. The maximum absolute atomic E-state index is 13.1. The third-order valence-corrected chi connectivity index (χ3v) is 3.46. The fraction of sp³-hybridized carbons (Fsp3) is 0.500. The van der Waals surface area contributed by atoms with Crippen LogP contribution in [-0.4, -0.2) is 24.9 Å². The van der Waals surface area contributed by atoms with Crippen LogP contribution in [0.3, 0.4) is 0 Å². The minimum atomic E-state index is -0.300. The van der Waals surface area contributed by atoms with Crippen LogP contribution in [0.4, 0.5) is 4.39 Å². The van der Waals surface area contributed by atoms with Gasteiger partial charge in [0.05, 0.1) is 13.2 Å². The molecule has 0 saturated carbocycles. The highest BCUT2D eigenvalue weighted by atomic mass is 35.5. The van der Waals surface area contributed by atoms with Gasteiger partial charge in [0, 0.05) is 17.0 Å². The standard InChI is InChI=1S/C12H14ClFO2/c13-11-2-1-10(14)5-9(11)6-12(7-15)3-4-16-8-12/h1-2,5,15H,3-4,6-8H2. The molecule has 0 bridgehead atoms. The normalized spacial score (nSPS) is 24.9. The molecule has 16 heavy (non-hydrogen) atoms. The van der Waals surface area contributed by atoms with Gasteiger partial charge in [0.2, 0.25) is 0 Å². The van der Waals surface area contributed by atoms with Crippen molar-refractivity contribution in [3.8, 4) is 0 Å². The van der Waals surface area contributed by atoms with Gasteiger partial charge < -0.3 is 9.84 Å². The molecule has 4 heteroatoms. The lowest BCUT2D eigenvalue weighted by molar-refractivity contribution is 0.0935. The summed E-state index contributed by atoms with van der Waals surface area (Å²) in [6, 6.07) is 4.31. The molecular formula is C12H14ClFO2. The third kappa shape index (κ3) is 2.37. The van der Waals surface area contributed by atoms with Gasteiger partial charge in [-0.3, -0.25) is 0 Å². The molecule has 1 fully saturated rings. The van der Waals surface area contributed by atoms with E-state index in [4.69, 9.17) is 16.3 Å². The summed E-state index contributed by atoms with van der Waals surface area (Å²) in [6.07, 6.45) is 1.34. The molecule has 1 aliphatic rings. The van der Waals surface area contributed by atoms with Crippen LogP contribution in [0.15, 0.2) is 18.2 Å². The Morgan fingerprint density at radius 3 is 2.94 bits per heavy atom. The molecule has 2 nitrogen and oxygen atoms in total. The van der Waals surface area contributed by atoms with Crippen LogP contribution < -0.4 is 0 Å². The van der Waals surface area contributed by atoms with Gasteiger partial charge in [-0.15, -0.1) is 0 Å². The first-order valence-electron chi connectivity index (χ1n) is 5.28. The lowest BCUT2D eigenvalue weighted by Gasteiger charge is -2.25. The van der Waals surface area contributed by atoms with Crippen LogP contribution >= 0.6 is 11.6 Å². The van der Waals surface area contributed by atoms with Crippen LogP contribution in [0.25, 0.3) is 0 Å². The Morgan fingerprint density at radius 2 is 2.31 bits per heavy atom. The van der Waals surface area contributed by atoms with Gasteiger partial charge in [-0.2, -0.15) is 0 Å². The summed E-state index contributed by atoms with van der Waals surface area (Å²) in [7, 11) is 0. The highest BCUT2D eigenvalue weighted by molar-refractivity contribution is 6.31. The molecule has 1 aliphatic heterocycles.